The number of carbonyl (C=O) groups excluding carboxylic acids is 3. The summed E-state index contributed by atoms with van der Waals surface area (Å²) in [5, 5.41) is 17.1. The Hall–Kier alpha value is -3.08. The maximum atomic E-state index is 13.8. The molecule has 0 saturated carbocycles. The van der Waals surface area contributed by atoms with E-state index in [1.54, 1.807) is 0 Å². The minimum atomic E-state index is -1.59. The van der Waals surface area contributed by atoms with Crippen LogP contribution in [0.5, 0.6) is 0 Å². The van der Waals surface area contributed by atoms with Crippen molar-refractivity contribution >= 4 is 29.7 Å². The van der Waals surface area contributed by atoms with Gasteiger partial charge in [-0.2, -0.15) is 0 Å². The number of hydrogen-bond donors (Lipinski definition) is 3. The zero-order valence-corrected chi connectivity index (χ0v) is 25.0. The molecule has 0 unspecified atom stereocenters. The fourth-order valence-corrected chi connectivity index (χ4v) is 6.28. The third-order valence-electron chi connectivity index (χ3n) is 8.10. The van der Waals surface area contributed by atoms with Crippen molar-refractivity contribution in [2.75, 3.05) is 25.7 Å². The Labute approximate surface area is 246 Å². The first-order chi connectivity index (χ1) is 19.5. The van der Waals surface area contributed by atoms with Gasteiger partial charge in [-0.15, -0.1) is 11.8 Å². The zero-order chi connectivity index (χ0) is 29.6. The molecular formula is C31H41N3O6S. The van der Waals surface area contributed by atoms with E-state index in [-0.39, 0.29) is 30.2 Å². The number of rotatable bonds is 11. The van der Waals surface area contributed by atoms with E-state index in [1.807, 2.05) is 82.3 Å². The summed E-state index contributed by atoms with van der Waals surface area (Å²) in [6.45, 7) is 9.42. The van der Waals surface area contributed by atoms with Crippen LogP contribution < -0.4 is 10.6 Å². The number of amides is 3. The molecule has 3 atom stereocenters. The van der Waals surface area contributed by atoms with Gasteiger partial charge < -0.3 is 30.1 Å². The van der Waals surface area contributed by atoms with Crippen LogP contribution in [0.25, 0.3) is 0 Å². The number of benzene rings is 2. The lowest BCUT2D eigenvalue weighted by Crippen LogP contribution is -2.58. The lowest BCUT2D eigenvalue weighted by atomic mass is 9.84. The second-order valence-electron chi connectivity index (χ2n) is 11.5. The quantitative estimate of drug-likeness (QED) is 0.371. The van der Waals surface area contributed by atoms with Gasteiger partial charge >= 0.3 is 6.09 Å². The number of aryl methyl sites for hydroxylation is 1. The molecule has 3 N–H and O–H groups in total. The Morgan fingerprint density at radius 2 is 1.80 bits per heavy atom. The smallest absolute Gasteiger partial charge is 0.407 e. The van der Waals surface area contributed by atoms with Crippen molar-refractivity contribution in [2.24, 2.45) is 5.41 Å². The van der Waals surface area contributed by atoms with Crippen LogP contribution in [-0.4, -0.2) is 76.5 Å². The number of aliphatic hydroxyl groups is 1. The molecule has 9 nitrogen and oxygen atoms in total. The SMILES string of the molecule is CCC1(COC(=O)N[C@@H](Cc2ccccc2)[C@H](O)C(=O)N2CSC(C)(C)[C@H]2C(=O)NCc2ccccc2C)COC1. The topological polar surface area (TPSA) is 117 Å². The number of nitrogens with one attached hydrogen (secondary N) is 2. The number of thioether (sulfide) groups is 1. The summed E-state index contributed by atoms with van der Waals surface area (Å²) in [6.07, 6.45) is -1.28. The molecule has 2 aromatic rings. The van der Waals surface area contributed by atoms with Gasteiger partial charge in [0, 0.05) is 11.3 Å². The number of hydrogen-bond acceptors (Lipinski definition) is 7. The van der Waals surface area contributed by atoms with E-state index in [0.717, 1.165) is 23.1 Å². The van der Waals surface area contributed by atoms with E-state index in [9.17, 15) is 19.5 Å². The van der Waals surface area contributed by atoms with Crippen LogP contribution in [0.4, 0.5) is 4.79 Å². The first kappa shape index (κ1) is 30.9. The average molecular weight is 584 g/mol. The number of aliphatic hydroxyl groups excluding tert-OH is 1. The summed E-state index contributed by atoms with van der Waals surface area (Å²) < 4.78 is 10.2. The fraction of sp³-hybridized carbons (Fsp3) is 0.516. The molecule has 4 rings (SSSR count). The van der Waals surface area contributed by atoms with Gasteiger partial charge in [0.2, 0.25) is 5.91 Å². The van der Waals surface area contributed by atoms with Crippen LogP contribution in [-0.2, 0) is 32.0 Å². The van der Waals surface area contributed by atoms with Crippen LogP contribution in [0.2, 0.25) is 0 Å². The van der Waals surface area contributed by atoms with Crippen LogP contribution in [0.1, 0.15) is 43.9 Å². The molecule has 2 fully saturated rings. The van der Waals surface area contributed by atoms with Gasteiger partial charge in [0.15, 0.2) is 6.10 Å². The van der Waals surface area contributed by atoms with E-state index in [0.29, 0.717) is 19.8 Å². The maximum absolute atomic E-state index is 13.8. The Bertz CT molecular complexity index is 1210. The van der Waals surface area contributed by atoms with Gasteiger partial charge in [-0.25, -0.2) is 4.79 Å². The standard InChI is InChI=1S/C31H41N3O6S/c1-5-31(17-39-18-31)19-40-29(38)33-24(15-22-12-7-6-8-13-22)25(35)28(37)34-20-41-30(3,4)26(34)27(36)32-16-23-14-10-9-11-21(23)2/h6-14,24-26,35H,5,15-20H2,1-4H3,(H,32,36)(H,33,38)/t24-,25-,26+/m0/s1. The molecule has 0 spiro atoms. The molecule has 2 saturated heterocycles. The summed E-state index contributed by atoms with van der Waals surface area (Å²) in [4.78, 5) is 41.5. The van der Waals surface area contributed by atoms with Gasteiger partial charge in [0.05, 0.1) is 30.5 Å². The Kier molecular flexibility index (Phi) is 9.99. The monoisotopic (exact) mass is 583 g/mol. The molecular weight excluding hydrogens is 542 g/mol. The predicted molar refractivity (Wildman–Crippen MR) is 158 cm³/mol. The van der Waals surface area contributed by atoms with Gasteiger partial charge in [-0.05, 0) is 50.3 Å². The number of nitrogens with zero attached hydrogens (tertiary/aromatic N) is 1. The minimum absolute atomic E-state index is 0.192. The van der Waals surface area contributed by atoms with Crippen molar-refractivity contribution < 1.29 is 29.0 Å². The van der Waals surface area contributed by atoms with Gasteiger partial charge in [-0.3, -0.25) is 9.59 Å². The summed E-state index contributed by atoms with van der Waals surface area (Å²) in [7, 11) is 0. The van der Waals surface area contributed by atoms with Crippen molar-refractivity contribution in [3.8, 4) is 0 Å². The first-order valence-electron chi connectivity index (χ1n) is 14.0. The number of alkyl carbamates (subject to hydrolysis) is 1. The molecule has 2 aromatic carbocycles. The van der Waals surface area contributed by atoms with Gasteiger partial charge in [-0.1, -0.05) is 61.5 Å². The molecule has 10 heteroatoms. The van der Waals surface area contributed by atoms with Gasteiger partial charge in [0.1, 0.15) is 12.6 Å². The van der Waals surface area contributed by atoms with E-state index >= 15 is 0 Å². The Morgan fingerprint density at radius 1 is 1.12 bits per heavy atom. The van der Waals surface area contributed by atoms with Crippen molar-refractivity contribution in [3.63, 3.8) is 0 Å². The molecule has 0 aromatic heterocycles. The molecule has 0 bridgehead atoms. The van der Waals surface area contributed by atoms with Crippen LogP contribution in [0.15, 0.2) is 54.6 Å². The highest BCUT2D eigenvalue weighted by molar-refractivity contribution is 8.00. The van der Waals surface area contributed by atoms with Crippen molar-refractivity contribution in [1.29, 1.82) is 0 Å². The molecule has 0 radical (unpaired) electrons. The maximum Gasteiger partial charge on any atom is 0.407 e. The van der Waals surface area contributed by atoms with E-state index in [4.69, 9.17) is 9.47 Å². The lowest BCUT2D eigenvalue weighted by molar-refractivity contribution is -0.147. The number of ether oxygens (including phenoxy) is 2. The zero-order valence-electron chi connectivity index (χ0n) is 24.2. The highest BCUT2D eigenvalue weighted by Gasteiger charge is 2.50. The minimum Gasteiger partial charge on any atom is -0.449 e. The number of carbonyl (C=O) groups is 3. The van der Waals surface area contributed by atoms with Crippen LogP contribution in [0, 0.1) is 12.3 Å². The molecule has 2 aliphatic heterocycles. The van der Waals surface area contributed by atoms with Crippen molar-refractivity contribution in [3.05, 3.63) is 71.3 Å². The third kappa shape index (κ3) is 7.42. The molecule has 222 valence electrons. The lowest BCUT2D eigenvalue weighted by Gasteiger charge is -2.40. The summed E-state index contributed by atoms with van der Waals surface area (Å²) in [5.41, 5.74) is 2.70. The summed E-state index contributed by atoms with van der Waals surface area (Å²) in [5.74, 6) is -0.659. The van der Waals surface area contributed by atoms with E-state index in [2.05, 4.69) is 10.6 Å². The Morgan fingerprint density at radius 3 is 2.44 bits per heavy atom. The van der Waals surface area contributed by atoms with Crippen LogP contribution >= 0.6 is 11.8 Å². The highest BCUT2D eigenvalue weighted by Crippen LogP contribution is 2.40. The van der Waals surface area contributed by atoms with E-state index in [1.165, 1.54) is 16.7 Å². The summed E-state index contributed by atoms with van der Waals surface area (Å²) >= 11 is 1.48. The molecule has 41 heavy (non-hydrogen) atoms. The third-order valence-corrected chi connectivity index (χ3v) is 9.48. The van der Waals surface area contributed by atoms with Crippen molar-refractivity contribution in [1.82, 2.24) is 15.5 Å². The summed E-state index contributed by atoms with van der Waals surface area (Å²) in [6, 6.07) is 15.4. The largest absolute Gasteiger partial charge is 0.449 e. The van der Waals surface area contributed by atoms with Gasteiger partial charge in [0.25, 0.3) is 5.91 Å². The fourth-order valence-electron chi connectivity index (χ4n) is 5.14. The Balaban J connectivity index is 1.47. The van der Waals surface area contributed by atoms with Crippen LogP contribution in [0.3, 0.4) is 0 Å². The molecule has 3 amide bonds. The molecule has 2 heterocycles. The van der Waals surface area contributed by atoms with Crippen molar-refractivity contribution in [2.45, 2.75) is 70.0 Å². The first-order valence-corrected chi connectivity index (χ1v) is 15.0. The normalized spacial score (nSPS) is 20.4. The average Bonchev–Trinajstić information content (AvgIpc) is 3.26. The predicted octanol–water partition coefficient (Wildman–Crippen LogP) is 3.42. The molecule has 0 aliphatic carbocycles. The van der Waals surface area contributed by atoms with E-state index < -0.39 is 34.9 Å². The second kappa shape index (κ2) is 13.3. The molecule has 2 aliphatic rings. The highest BCUT2D eigenvalue weighted by atomic mass is 32.2. The second-order valence-corrected chi connectivity index (χ2v) is 13.1.